The highest BCUT2D eigenvalue weighted by Crippen LogP contribution is 2.25. The van der Waals surface area contributed by atoms with Gasteiger partial charge in [-0.25, -0.2) is 8.78 Å². The van der Waals surface area contributed by atoms with Crippen molar-refractivity contribution in [2.24, 2.45) is 0 Å². The van der Waals surface area contributed by atoms with Gasteiger partial charge in [-0.05, 0) is 37.8 Å². The molecule has 17 heavy (non-hydrogen) atoms. The second kappa shape index (κ2) is 5.17. The maximum absolute atomic E-state index is 13.4. The van der Waals surface area contributed by atoms with Crippen LogP contribution in [0.25, 0.3) is 0 Å². The summed E-state index contributed by atoms with van der Waals surface area (Å²) >= 11 is 0. The Morgan fingerprint density at radius 2 is 2.12 bits per heavy atom. The number of benzene rings is 1. The van der Waals surface area contributed by atoms with Crippen molar-refractivity contribution in [2.45, 2.75) is 25.7 Å². The highest BCUT2D eigenvalue weighted by molar-refractivity contribution is 5.66. The Kier molecular flexibility index (Phi) is 3.61. The van der Waals surface area contributed by atoms with E-state index in [1.165, 1.54) is 18.1 Å². The van der Waals surface area contributed by atoms with Crippen molar-refractivity contribution in [2.75, 3.05) is 17.6 Å². The molecule has 3 N–H and O–H groups in total. The van der Waals surface area contributed by atoms with Crippen molar-refractivity contribution in [1.29, 1.82) is 0 Å². The Bertz CT molecular complexity index is 441. The number of hydrogen-bond acceptors (Lipinski definition) is 2. The first-order valence-corrected chi connectivity index (χ1v) is 5.83. The number of hydrogen-bond donors (Lipinski definition) is 2. The van der Waals surface area contributed by atoms with Gasteiger partial charge in [0.1, 0.15) is 0 Å². The lowest BCUT2D eigenvalue weighted by Crippen LogP contribution is -2.08. The smallest absolute Gasteiger partial charge is 0.183 e. The van der Waals surface area contributed by atoms with E-state index in [1.54, 1.807) is 0 Å². The third-order valence-corrected chi connectivity index (χ3v) is 3.01. The van der Waals surface area contributed by atoms with E-state index in [4.69, 9.17) is 5.73 Å². The van der Waals surface area contributed by atoms with Crippen LogP contribution in [-0.4, -0.2) is 6.54 Å². The van der Waals surface area contributed by atoms with Gasteiger partial charge in [-0.15, -0.1) is 0 Å². The molecule has 0 saturated carbocycles. The normalized spacial score (nSPS) is 14.8. The molecule has 0 aliphatic heterocycles. The molecular formula is C13H16F2N2. The Balaban J connectivity index is 1.96. The van der Waals surface area contributed by atoms with Crippen molar-refractivity contribution in [1.82, 2.24) is 0 Å². The van der Waals surface area contributed by atoms with Gasteiger partial charge in [0.2, 0.25) is 0 Å². The molecule has 0 fully saturated rings. The van der Waals surface area contributed by atoms with Gasteiger partial charge in [0.05, 0.1) is 11.4 Å². The molecule has 0 unspecified atom stereocenters. The minimum atomic E-state index is -0.898. The van der Waals surface area contributed by atoms with Gasteiger partial charge in [0.15, 0.2) is 11.6 Å². The van der Waals surface area contributed by atoms with Crippen LogP contribution in [0, 0.1) is 11.6 Å². The molecule has 1 aliphatic rings. The molecule has 2 nitrogen and oxygen atoms in total. The predicted octanol–water partition coefficient (Wildman–Crippen LogP) is 3.46. The summed E-state index contributed by atoms with van der Waals surface area (Å²) in [5.41, 5.74) is 7.30. The zero-order chi connectivity index (χ0) is 12.3. The second-order valence-corrected chi connectivity index (χ2v) is 4.26. The number of rotatable bonds is 4. The molecule has 0 amide bonds. The summed E-state index contributed by atoms with van der Waals surface area (Å²) in [5, 5.41) is 2.87. The lowest BCUT2D eigenvalue weighted by Gasteiger charge is -2.11. The number of nitrogens with one attached hydrogen (secondary N) is 1. The molecule has 0 bridgehead atoms. The highest BCUT2D eigenvalue weighted by atomic mass is 19.2. The van der Waals surface area contributed by atoms with Gasteiger partial charge in [-0.2, -0.15) is 0 Å². The third kappa shape index (κ3) is 2.75. The van der Waals surface area contributed by atoms with Crippen LogP contribution in [0.2, 0.25) is 0 Å². The van der Waals surface area contributed by atoms with Gasteiger partial charge in [0, 0.05) is 6.54 Å². The Hall–Kier alpha value is -1.58. The third-order valence-electron chi connectivity index (χ3n) is 3.01. The summed E-state index contributed by atoms with van der Waals surface area (Å²) in [4.78, 5) is 0. The van der Waals surface area contributed by atoms with Crippen LogP contribution in [0.5, 0.6) is 0 Å². The van der Waals surface area contributed by atoms with Crippen LogP contribution in [0.1, 0.15) is 25.7 Å². The SMILES string of the molecule is Nc1ccc(F)c(F)c1NCCC1=CCCC1. The monoisotopic (exact) mass is 238 g/mol. The Labute approximate surface area is 99.5 Å². The van der Waals surface area contributed by atoms with Crippen LogP contribution in [0.4, 0.5) is 20.2 Å². The van der Waals surface area contributed by atoms with Crippen molar-refractivity contribution < 1.29 is 8.78 Å². The second-order valence-electron chi connectivity index (χ2n) is 4.26. The molecule has 1 aromatic rings. The molecule has 4 heteroatoms. The first kappa shape index (κ1) is 11.9. The maximum Gasteiger partial charge on any atom is 0.183 e. The minimum absolute atomic E-state index is 0.0728. The van der Waals surface area contributed by atoms with Crippen molar-refractivity contribution >= 4 is 11.4 Å². The highest BCUT2D eigenvalue weighted by Gasteiger charge is 2.11. The topological polar surface area (TPSA) is 38.0 Å². The molecular weight excluding hydrogens is 222 g/mol. The number of nitrogen functional groups attached to an aromatic ring is 1. The molecule has 0 saturated heterocycles. The van der Waals surface area contributed by atoms with Gasteiger partial charge in [-0.1, -0.05) is 11.6 Å². The minimum Gasteiger partial charge on any atom is -0.397 e. The van der Waals surface area contributed by atoms with Crippen LogP contribution < -0.4 is 11.1 Å². The van der Waals surface area contributed by atoms with Crippen LogP contribution in [0.15, 0.2) is 23.8 Å². The fourth-order valence-electron chi connectivity index (χ4n) is 2.06. The molecule has 1 aliphatic carbocycles. The van der Waals surface area contributed by atoms with E-state index in [0.717, 1.165) is 25.3 Å². The zero-order valence-corrected chi connectivity index (χ0v) is 9.60. The molecule has 0 atom stereocenters. The summed E-state index contributed by atoms with van der Waals surface area (Å²) < 4.78 is 26.4. The average Bonchev–Trinajstić information content (AvgIpc) is 2.81. The molecule has 1 aromatic carbocycles. The van der Waals surface area contributed by atoms with Crippen LogP contribution in [-0.2, 0) is 0 Å². The fraction of sp³-hybridized carbons (Fsp3) is 0.385. The number of nitrogens with two attached hydrogens (primary N) is 1. The average molecular weight is 238 g/mol. The van der Waals surface area contributed by atoms with E-state index in [1.807, 2.05) is 0 Å². The largest absolute Gasteiger partial charge is 0.397 e. The van der Waals surface area contributed by atoms with Crippen LogP contribution in [0.3, 0.4) is 0 Å². The summed E-state index contributed by atoms with van der Waals surface area (Å²) in [6, 6.07) is 2.41. The van der Waals surface area contributed by atoms with Crippen molar-refractivity contribution in [3.8, 4) is 0 Å². The van der Waals surface area contributed by atoms with E-state index in [0.29, 0.717) is 6.54 Å². The molecule has 0 spiro atoms. The van der Waals surface area contributed by atoms with E-state index in [-0.39, 0.29) is 11.4 Å². The first-order valence-electron chi connectivity index (χ1n) is 5.83. The quantitative estimate of drug-likeness (QED) is 0.622. The summed E-state index contributed by atoms with van der Waals surface area (Å²) in [6.07, 6.45) is 6.52. The van der Waals surface area contributed by atoms with Crippen LogP contribution >= 0.6 is 0 Å². The lowest BCUT2D eigenvalue weighted by atomic mass is 10.1. The number of anilines is 2. The number of allylic oxidation sites excluding steroid dienone is 1. The fourth-order valence-corrected chi connectivity index (χ4v) is 2.06. The summed E-state index contributed by atoms with van der Waals surface area (Å²) in [6.45, 7) is 0.580. The van der Waals surface area contributed by atoms with E-state index < -0.39 is 11.6 Å². The molecule has 0 aromatic heterocycles. The summed E-state index contributed by atoms with van der Waals surface area (Å²) in [7, 11) is 0. The lowest BCUT2D eigenvalue weighted by molar-refractivity contribution is 0.511. The van der Waals surface area contributed by atoms with Gasteiger partial charge in [-0.3, -0.25) is 0 Å². The van der Waals surface area contributed by atoms with E-state index in [2.05, 4.69) is 11.4 Å². The molecule has 0 radical (unpaired) electrons. The maximum atomic E-state index is 13.4. The molecule has 0 heterocycles. The van der Waals surface area contributed by atoms with Crippen molar-refractivity contribution in [3.05, 3.63) is 35.4 Å². The van der Waals surface area contributed by atoms with E-state index >= 15 is 0 Å². The van der Waals surface area contributed by atoms with E-state index in [9.17, 15) is 8.78 Å². The van der Waals surface area contributed by atoms with Gasteiger partial charge < -0.3 is 11.1 Å². The Morgan fingerprint density at radius 3 is 2.82 bits per heavy atom. The van der Waals surface area contributed by atoms with Gasteiger partial charge >= 0.3 is 0 Å². The zero-order valence-electron chi connectivity index (χ0n) is 9.60. The number of halogens is 2. The molecule has 2 rings (SSSR count). The standard InChI is InChI=1S/C13H16F2N2/c14-10-5-6-11(16)13(12(10)15)17-8-7-9-3-1-2-4-9/h3,5-6,17H,1-2,4,7-8,16H2. The molecule has 92 valence electrons. The Morgan fingerprint density at radius 1 is 1.29 bits per heavy atom. The van der Waals surface area contributed by atoms with Crippen molar-refractivity contribution in [3.63, 3.8) is 0 Å². The summed E-state index contributed by atoms with van der Waals surface area (Å²) in [5.74, 6) is -1.77. The first-order chi connectivity index (χ1) is 8.18. The predicted molar refractivity (Wildman–Crippen MR) is 65.8 cm³/mol. The van der Waals surface area contributed by atoms with Gasteiger partial charge in [0.25, 0.3) is 0 Å².